The average Bonchev–Trinajstić information content (AvgIpc) is 2.65. The number of benzene rings is 2. The minimum Gasteiger partial charge on any atom is -0.496 e. The van der Waals surface area contributed by atoms with Gasteiger partial charge in [0.15, 0.2) is 0 Å². The molecule has 0 aliphatic rings. The Hall–Kier alpha value is -3.48. The van der Waals surface area contributed by atoms with Crippen molar-refractivity contribution in [2.24, 2.45) is 0 Å². The number of hydrogen-bond acceptors (Lipinski definition) is 4. The smallest absolute Gasteiger partial charge is 0.254 e. The number of amides is 1. The topological polar surface area (TPSA) is 73.2 Å². The fraction of sp³-hybridized carbons (Fsp3) is 0.105. The van der Waals surface area contributed by atoms with E-state index in [9.17, 15) is 14.0 Å². The molecule has 0 atom stereocenters. The van der Waals surface area contributed by atoms with E-state index >= 15 is 0 Å². The molecule has 132 valence electrons. The second kappa shape index (κ2) is 7.60. The molecule has 1 N–H and O–H groups in total. The van der Waals surface area contributed by atoms with Crippen molar-refractivity contribution in [3.05, 3.63) is 77.1 Å². The Morgan fingerprint density at radius 1 is 1.19 bits per heavy atom. The summed E-state index contributed by atoms with van der Waals surface area (Å²) in [5.41, 5.74) is 1.23. The maximum absolute atomic E-state index is 12.9. The first-order chi connectivity index (χ1) is 12.6. The standard InChI is InChI=1S/C19H16FN3O3/c1-26-17-5-3-2-4-15(17)16-10-19(25)23(12-21-16)11-18(24)22-14-8-6-13(20)7-9-14/h2-10,12H,11H2,1H3,(H,22,24). The molecular weight excluding hydrogens is 337 g/mol. The molecule has 1 aromatic heterocycles. The van der Waals surface area contributed by atoms with E-state index in [4.69, 9.17) is 4.74 Å². The number of carbonyl (C=O) groups excluding carboxylic acids is 1. The van der Waals surface area contributed by atoms with Crippen LogP contribution < -0.4 is 15.6 Å². The lowest BCUT2D eigenvalue weighted by Crippen LogP contribution is -2.27. The van der Waals surface area contributed by atoms with Gasteiger partial charge in [0.25, 0.3) is 5.56 Å². The number of aromatic nitrogens is 2. The highest BCUT2D eigenvalue weighted by Crippen LogP contribution is 2.26. The zero-order chi connectivity index (χ0) is 18.5. The van der Waals surface area contributed by atoms with Crippen LogP contribution in [0.25, 0.3) is 11.3 Å². The molecule has 0 aliphatic carbocycles. The van der Waals surface area contributed by atoms with Crippen LogP contribution in [-0.4, -0.2) is 22.6 Å². The van der Waals surface area contributed by atoms with Crippen molar-refractivity contribution in [1.29, 1.82) is 0 Å². The summed E-state index contributed by atoms with van der Waals surface area (Å²) in [4.78, 5) is 28.6. The monoisotopic (exact) mass is 353 g/mol. The number of methoxy groups -OCH3 is 1. The van der Waals surface area contributed by atoms with Gasteiger partial charge in [-0.2, -0.15) is 0 Å². The molecule has 26 heavy (non-hydrogen) atoms. The molecule has 0 spiro atoms. The summed E-state index contributed by atoms with van der Waals surface area (Å²) >= 11 is 0. The van der Waals surface area contributed by atoms with Gasteiger partial charge in [0.05, 0.1) is 19.1 Å². The van der Waals surface area contributed by atoms with Gasteiger partial charge < -0.3 is 10.1 Å². The van der Waals surface area contributed by atoms with Gasteiger partial charge in [0.1, 0.15) is 18.1 Å². The van der Waals surface area contributed by atoms with Crippen molar-refractivity contribution in [3.8, 4) is 17.0 Å². The molecule has 2 aromatic carbocycles. The van der Waals surface area contributed by atoms with E-state index in [0.29, 0.717) is 22.7 Å². The number of nitrogens with one attached hydrogen (secondary N) is 1. The molecule has 0 fully saturated rings. The van der Waals surface area contributed by atoms with Crippen LogP contribution in [0.4, 0.5) is 10.1 Å². The van der Waals surface area contributed by atoms with E-state index < -0.39 is 11.7 Å². The molecule has 3 rings (SSSR count). The van der Waals surface area contributed by atoms with Gasteiger partial charge in [0, 0.05) is 17.3 Å². The van der Waals surface area contributed by atoms with Crippen LogP contribution in [0.1, 0.15) is 0 Å². The summed E-state index contributed by atoms with van der Waals surface area (Å²) in [5.74, 6) is -0.202. The van der Waals surface area contributed by atoms with Crippen LogP contribution in [0.15, 0.2) is 65.7 Å². The Labute approximate surface area is 148 Å². The lowest BCUT2D eigenvalue weighted by Gasteiger charge is -2.10. The summed E-state index contributed by atoms with van der Waals surface area (Å²) in [6.45, 7) is -0.199. The van der Waals surface area contributed by atoms with Gasteiger partial charge in [-0.25, -0.2) is 9.37 Å². The third-order valence-corrected chi connectivity index (χ3v) is 3.70. The normalized spacial score (nSPS) is 10.4. The van der Waals surface area contributed by atoms with E-state index in [1.807, 2.05) is 12.1 Å². The van der Waals surface area contributed by atoms with Gasteiger partial charge in [0.2, 0.25) is 5.91 Å². The van der Waals surface area contributed by atoms with E-state index in [0.717, 1.165) is 0 Å². The summed E-state index contributed by atoms with van der Waals surface area (Å²) in [5, 5.41) is 2.60. The largest absolute Gasteiger partial charge is 0.496 e. The van der Waals surface area contributed by atoms with Crippen LogP contribution in [0.5, 0.6) is 5.75 Å². The van der Waals surface area contributed by atoms with Gasteiger partial charge in [-0.1, -0.05) is 12.1 Å². The third kappa shape index (κ3) is 3.94. The predicted octanol–water partition coefficient (Wildman–Crippen LogP) is 2.70. The summed E-state index contributed by atoms with van der Waals surface area (Å²) in [6.07, 6.45) is 1.31. The molecule has 1 amide bonds. The quantitative estimate of drug-likeness (QED) is 0.765. The average molecular weight is 353 g/mol. The molecule has 3 aromatic rings. The molecule has 0 bridgehead atoms. The number of ether oxygens (including phenoxy) is 1. The molecule has 0 saturated carbocycles. The Morgan fingerprint density at radius 3 is 2.62 bits per heavy atom. The number of rotatable bonds is 5. The summed E-state index contributed by atoms with van der Waals surface area (Å²) < 4.78 is 19.3. The fourth-order valence-corrected chi connectivity index (χ4v) is 2.44. The van der Waals surface area contributed by atoms with Gasteiger partial charge >= 0.3 is 0 Å². The highest BCUT2D eigenvalue weighted by atomic mass is 19.1. The van der Waals surface area contributed by atoms with Crippen molar-refractivity contribution in [1.82, 2.24) is 9.55 Å². The molecule has 0 saturated heterocycles. The van der Waals surface area contributed by atoms with Crippen molar-refractivity contribution < 1.29 is 13.9 Å². The van der Waals surface area contributed by atoms with Crippen LogP contribution in [-0.2, 0) is 11.3 Å². The summed E-state index contributed by atoms with van der Waals surface area (Å²) in [7, 11) is 1.54. The molecule has 7 heteroatoms. The molecule has 1 heterocycles. The first-order valence-electron chi connectivity index (χ1n) is 7.82. The molecule has 6 nitrogen and oxygen atoms in total. The molecule has 0 aliphatic heterocycles. The minimum atomic E-state index is -0.412. The number of hydrogen-bond donors (Lipinski definition) is 1. The number of nitrogens with zero attached hydrogens (tertiary/aromatic N) is 2. The summed E-state index contributed by atoms with van der Waals surface area (Å²) in [6, 6.07) is 13.9. The zero-order valence-corrected chi connectivity index (χ0v) is 14.0. The molecular formula is C19H16FN3O3. The van der Waals surface area contributed by atoms with Crippen LogP contribution in [0.2, 0.25) is 0 Å². The first kappa shape index (κ1) is 17.3. The number of para-hydroxylation sites is 1. The maximum Gasteiger partial charge on any atom is 0.254 e. The Kier molecular flexibility index (Phi) is 5.07. The van der Waals surface area contributed by atoms with Crippen molar-refractivity contribution >= 4 is 11.6 Å². The Bertz CT molecular complexity index is 984. The van der Waals surface area contributed by atoms with E-state index in [2.05, 4.69) is 10.3 Å². The van der Waals surface area contributed by atoms with Crippen LogP contribution in [0, 0.1) is 5.82 Å². The fourth-order valence-electron chi connectivity index (χ4n) is 2.44. The predicted molar refractivity (Wildman–Crippen MR) is 95.5 cm³/mol. The van der Waals surface area contributed by atoms with Gasteiger partial charge in [-0.15, -0.1) is 0 Å². The highest BCUT2D eigenvalue weighted by Gasteiger charge is 2.10. The number of carbonyl (C=O) groups is 1. The highest BCUT2D eigenvalue weighted by molar-refractivity contribution is 5.90. The van der Waals surface area contributed by atoms with E-state index in [-0.39, 0.29) is 12.1 Å². The number of halogens is 1. The zero-order valence-electron chi connectivity index (χ0n) is 14.0. The van der Waals surface area contributed by atoms with Crippen molar-refractivity contribution in [2.75, 3.05) is 12.4 Å². The van der Waals surface area contributed by atoms with Crippen LogP contribution in [0.3, 0.4) is 0 Å². The van der Waals surface area contributed by atoms with Gasteiger partial charge in [-0.3, -0.25) is 14.2 Å². The van der Waals surface area contributed by atoms with Gasteiger partial charge in [-0.05, 0) is 36.4 Å². The van der Waals surface area contributed by atoms with E-state index in [1.54, 1.807) is 19.2 Å². The van der Waals surface area contributed by atoms with Crippen molar-refractivity contribution in [2.45, 2.75) is 6.54 Å². The third-order valence-electron chi connectivity index (χ3n) is 3.70. The maximum atomic E-state index is 12.9. The molecule has 0 unspecified atom stereocenters. The Balaban J connectivity index is 1.76. The number of anilines is 1. The lowest BCUT2D eigenvalue weighted by atomic mass is 10.1. The van der Waals surface area contributed by atoms with Crippen LogP contribution >= 0.6 is 0 Å². The van der Waals surface area contributed by atoms with E-state index in [1.165, 1.54) is 41.2 Å². The minimum absolute atomic E-state index is 0.199. The first-order valence-corrected chi connectivity index (χ1v) is 7.82. The second-order valence-corrected chi connectivity index (χ2v) is 5.50. The van der Waals surface area contributed by atoms with Crippen molar-refractivity contribution in [3.63, 3.8) is 0 Å². The molecule has 0 radical (unpaired) electrons. The Morgan fingerprint density at radius 2 is 1.92 bits per heavy atom. The lowest BCUT2D eigenvalue weighted by molar-refractivity contribution is -0.116. The SMILES string of the molecule is COc1ccccc1-c1cc(=O)n(CC(=O)Nc2ccc(F)cc2)cn1. The second-order valence-electron chi connectivity index (χ2n) is 5.50.